The molecule has 1 heterocycles. The summed E-state index contributed by atoms with van der Waals surface area (Å²) in [6.45, 7) is 4.03. The number of aromatic amines is 1. The Labute approximate surface area is 147 Å². The fourth-order valence-corrected chi connectivity index (χ4v) is 3.12. The van der Waals surface area contributed by atoms with Gasteiger partial charge in [-0.2, -0.15) is 0 Å². The zero-order valence-electron chi connectivity index (χ0n) is 14.9. The first-order chi connectivity index (χ1) is 12.0. The fourth-order valence-electron chi connectivity index (χ4n) is 3.12. The van der Waals surface area contributed by atoms with Gasteiger partial charge in [0.05, 0.1) is 7.11 Å². The highest BCUT2D eigenvalue weighted by atomic mass is 16.5. The molecule has 0 aliphatic heterocycles. The second-order valence-electron chi connectivity index (χ2n) is 6.56. The average Bonchev–Trinajstić information content (AvgIpc) is 3.47. The molecule has 1 aliphatic carbocycles. The SMILES string of the molecule is CCc1cc(C(=O)N(c2ccc(OC)cc2)[C@H](C)C2CC2)cc(=O)[nH]1. The van der Waals surface area contributed by atoms with E-state index in [4.69, 9.17) is 4.74 Å². The van der Waals surface area contributed by atoms with Gasteiger partial charge in [-0.25, -0.2) is 0 Å². The van der Waals surface area contributed by atoms with Crippen LogP contribution in [0.1, 0.15) is 42.7 Å². The van der Waals surface area contributed by atoms with E-state index in [-0.39, 0.29) is 17.5 Å². The number of aromatic nitrogens is 1. The Morgan fingerprint density at radius 3 is 2.52 bits per heavy atom. The lowest BCUT2D eigenvalue weighted by atomic mass is 10.1. The Bertz CT molecular complexity index is 806. The lowest BCUT2D eigenvalue weighted by Crippen LogP contribution is -2.40. The maximum absolute atomic E-state index is 13.2. The summed E-state index contributed by atoms with van der Waals surface area (Å²) in [4.78, 5) is 29.7. The molecule has 1 aromatic carbocycles. The van der Waals surface area contributed by atoms with Crippen LogP contribution in [0.25, 0.3) is 0 Å². The summed E-state index contributed by atoms with van der Waals surface area (Å²) in [6.07, 6.45) is 2.95. The van der Waals surface area contributed by atoms with Gasteiger partial charge in [-0.1, -0.05) is 6.92 Å². The van der Waals surface area contributed by atoms with E-state index in [1.165, 1.54) is 6.07 Å². The molecule has 1 N–H and O–H groups in total. The summed E-state index contributed by atoms with van der Waals surface area (Å²) in [5.74, 6) is 1.13. The van der Waals surface area contributed by atoms with Crippen LogP contribution in [-0.4, -0.2) is 24.0 Å². The van der Waals surface area contributed by atoms with E-state index in [9.17, 15) is 9.59 Å². The molecule has 1 amide bonds. The van der Waals surface area contributed by atoms with E-state index < -0.39 is 0 Å². The van der Waals surface area contributed by atoms with E-state index in [1.807, 2.05) is 36.1 Å². The van der Waals surface area contributed by atoms with Crippen LogP contribution in [0.2, 0.25) is 0 Å². The number of nitrogens with one attached hydrogen (secondary N) is 1. The second kappa shape index (κ2) is 7.13. The Morgan fingerprint density at radius 2 is 1.96 bits per heavy atom. The molecule has 1 aromatic heterocycles. The van der Waals surface area contributed by atoms with E-state index in [0.717, 1.165) is 30.0 Å². The minimum absolute atomic E-state index is 0.0882. The van der Waals surface area contributed by atoms with Crippen molar-refractivity contribution < 1.29 is 9.53 Å². The van der Waals surface area contributed by atoms with Crippen LogP contribution in [0.4, 0.5) is 5.69 Å². The Morgan fingerprint density at radius 1 is 1.28 bits per heavy atom. The number of benzene rings is 1. The minimum atomic E-state index is -0.239. The van der Waals surface area contributed by atoms with Gasteiger partial charge in [0.25, 0.3) is 5.91 Å². The number of ether oxygens (including phenoxy) is 1. The van der Waals surface area contributed by atoms with Crippen LogP contribution in [0.3, 0.4) is 0 Å². The lowest BCUT2D eigenvalue weighted by molar-refractivity contribution is 0.0975. The molecule has 1 atom stereocenters. The molecule has 0 radical (unpaired) electrons. The van der Waals surface area contributed by atoms with E-state index in [1.54, 1.807) is 13.2 Å². The number of carbonyl (C=O) groups is 1. The van der Waals surface area contributed by atoms with E-state index >= 15 is 0 Å². The van der Waals surface area contributed by atoms with E-state index in [0.29, 0.717) is 17.9 Å². The first-order valence-corrected chi connectivity index (χ1v) is 8.74. The van der Waals surface area contributed by atoms with Gasteiger partial charge in [-0.15, -0.1) is 0 Å². The predicted octanol–water partition coefficient (Wildman–Crippen LogP) is 3.39. The van der Waals surface area contributed by atoms with Crippen molar-refractivity contribution in [3.05, 3.63) is 58.0 Å². The first kappa shape index (κ1) is 17.3. The number of methoxy groups -OCH3 is 1. The van der Waals surface area contributed by atoms with Crippen molar-refractivity contribution in [3.8, 4) is 5.75 Å². The molecular weight excluding hydrogens is 316 g/mol. The van der Waals surface area contributed by atoms with Crippen molar-refractivity contribution in [1.29, 1.82) is 0 Å². The van der Waals surface area contributed by atoms with Crippen molar-refractivity contribution in [2.45, 2.75) is 39.2 Å². The van der Waals surface area contributed by atoms with Gasteiger partial charge in [-0.3, -0.25) is 9.59 Å². The van der Waals surface area contributed by atoms with Crippen LogP contribution in [0.5, 0.6) is 5.75 Å². The van der Waals surface area contributed by atoms with Crippen molar-refractivity contribution >= 4 is 11.6 Å². The summed E-state index contributed by atoms with van der Waals surface area (Å²) in [6, 6.07) is 10.7. The Hall–Kier alpha value is -2.56. The fraction of sp³-hybridized carbons (Fsp3) is 0.400. The summed E-state index contributed by atoms with van der Waals surface area (Å²) in [7, 11) is 1.62. The molecule has 0 unspecified atom stereocenters. The summed E-state index contributed by atoms with van der Waals surface area (Å²) >= 11 is 0. The maximum atomic E-state index is 13.2. The topological polar surface area (TPSA) is 62.4 Å². The van der Waals surface area contributed by atoms with Crippen LogP contribution >= 0.6 is 0 Å². The number of aryl methyl sites for hydroxylation is 1. The van der Waals surface area contributed by atoms with Crippen LogP contribution < -0.4 is 15.2 Å². The monoisotopic (exact) mass is 340 g/mol. The average molecular weight is 340 g/mol. The molecule has 132 valence electrons. The third kappa shape index (κ3) is 3.76. The molecule has 0 bridgehead atoms. The zero-order chi connectivity index (χ0) is 18.0. The number of amides is 1. The maximum Gasteiger partial charge on any atom is 0.258 e. The molecule has 1 fully saturated rings. The normalized spacial score (nSPS) is 14.8. The van der Waals surface area contributed by atoms with Gasteiger partial charge >= 0.3 is 0 Å². The minimum Gasteiger partial charge on any atom is -0.497 e. The number of hydrogen-bond donors (Lipinski definition) is 1. The summed E-state index contributed by atoms with van der Waals surface area (Å²) in [5, 5.41) is 0. The number of carbonyl (C=O) groups excluding carboxylic acids is 1. The highest BCUT2D eigenvalue weighted by Crippen LogP contribution is 2.37. The third-order valence-electron chi connectivity index (χ3n) is 4.81. The number of H-pyrrole nitrogens is 1. The van der Waals surface area contributed by atoms with Gasteiger partial charge in [0.1, 0.15) is 5.75 Å². The summed E-state index contributed by atoms with van der Waals surface area (Å²) in [5.41, 5.74) is 1.79. The van der Waals surface area contributed by atoms with Crippen LogP contribution in [0.15, 0.2) is 41.2 Å². The highest BCUT2D eigenvalue weighted by molar-refractivity contribution is 6.06. The largest absolute Gasteiger partial charge is 0.497 e. The molecule has 0 spiro atoms. The van der Waals surface area contributed by atoms with Gasteiger partial charge in [0.2, 0.25) is 5.56 Å². The number of pyridine rings is 1. The zero-order valence-corrected chi connectivity index (χ0v) is 14.9. The standard InChI is InChI=1S/C20H24N2O3/c1-4-16-11-15(12-19(23)21-16)20(24)22(13(2)14-5-6-14)17-7-9-18(25-3)10-8-17/h7-14H,4-6H2,1-3H3,(H,21,23)/t13-/m1/s1. The third-order valence-corrected chi connectivity index (χ3v) is 4.81. The first-order valence-electron chi connectivity index (χ1n) is 8.74. The predicted molar refractivity (Wildman–Crippen MR) is 98.4 cm³/mol. The van der Waals surface area contributed by atoms with E-state index in [2.05, 4.69) is 11.9 Å². The molecule has 5 heteroatoms. The Kier molecular flexibility index (Phi) is 4.93. The molecule has 25 heavy (non-hydrogen) atoms. The van der Waals surface area contributed by atoms with Crippen LogP contribution in [0, 0.1) is 5.92 Å². The number of nitrogens with zero attached hydrogens (tertiary/aromatic N) is 1. The van der Waals surface area contributed by atoms with Gasteiger partial charge in [-0.05, 0) is 62.4 Å². The molecule has 3 rings (SSSR count). The number of anilines is 1. The van der Waals surface area contributed by atoms with Gasteiger partial charge < -0.3 is 14.6 Å². The lowest BCUT2D eigenvalue weighted by Gasteiger charge is -2.30. The number of hydrogen-bond acceptors (Lipinski definition) is 3. The molecule has 2 aromatic rings. The highest BCUT2D eigenvalue weighted by Gasteiger charge is 2.35. The molecule has 1 saturated carbocycles. The summed E-state index contributed by atoms with van der Waals surface area (Å²) < 4.78 is 5.21. The molecule has 5 nitrogen and oxygen atoms in total. The second-order valence-corrected chi connectivity index (χ2v) is 6.56. The molecule has 0 saturated heterocycles. The van der Waals surface area contributed by atoms with Crippen molar-refractivity contribution in [3.63, 3.8) is 0 Å². The Balaban J connectivity index is 1.99. The molecular formula is C20H24N2O3. The van der Waals surface area contributed by atoms with Gasteiger partial charge in [0.15, 0.2) is 0 Å². The number of rotatable bonds is 6. The molecule has 1 aliphatic rings. The smallest absolute Gasteiger partial charge is 0.258 e. The van der Waals surface area contributed by atoms with Crippen molar-refractivity contribution in [1.82, 2.24) is 4.98 Å². The quantitative estimate of drug-likeness (QED) is 0.877. The van der Waals surface area contributed by atoms with Crippen molar-refractivity contribution in [2.75, 3.05) is 12.0 Å². The van der Waals surface area contributed by atoms with Gasteiger partial charge in [0, 0.05) is 29.1 Å². The van der Waals surface area contributed by atoms with Crippen LogP contribution in [-0.2, 0) is 6.42 Å². The van der Waals surface area contributed by atoms with Crippen molar-refractivity contribution in [2.24, 2.45) is 5.92 Å².